The van der Waals surface area contributed by atoms with E-state index in [2.05, 4.69) is 137 Å². The topological polar surface area (TPSA) is 304 Å². The average molecular weight is 1750 g/mol. The minimum Gasteiger partial charge on any atom is -0.502 e. The first-order chi connectivity index (χ1) is 49.7. The first kappa shape index (κ1) is 104. The number of aryl methyl sites for hydroxylation is 14. The summed E-state index contributed by atoms with van der Waals surface area (Å²) in [6, 6.07) is 24.5. The molecule has 0 aliphatic rings. The first-order valence-electron chi connectivity index (χ1n) is 33.1. The van der Waals surface area contributed by atoms with E-state index in [1.807, 2.05) is 132 Å². The number of methoxy groups -OCH3 is 4. The van der Waals surface area contributed by atoms with E-state index in [4.69, 9.17) is 45.6 Å². The van der Waals surface area contributed by atoms with E-state index in [9.17, 15) is 33.3 Å². The molecular weight excluding hydrogens is 1650 g/mol. The number of ketones is 1. The number of halogens is 5. The van der Waals surface area contributed by atoms with Gasteiger partial charge in [-0.25, -0.2) is 24.3 Å². The monoisotopic (exact) mass is 1750 g/mol. The van der Waals surface area contributed by atoms with Crippen LogP contribution in [0.15, 0.2) is 108 Å². The number of rotatable bonds is 14. The summed E-state index contributed by atoms with van der Waals surface area (Å²) in [6.07, 6.45) is 5.83. The normalized spacial score (nSPS) is 9.74. The van der Waals surface area contributed by atoms with Gasteiger partial charge in [0.2, 0.25) is 0 Å². The summed E-state index contributed by atoms with van der Waals surface area (Å²) in [5.74, 6) is -2.69. The quantitative estimate of drug-likeness (QED) is 0.0173. The Labute approximate surface area is 676 Å². The van der Waals surface area contributed by atoms with Crippen molar-refractivity contribution in [2.24, 2.45) is 0 Å². The van der Waals surface area contributed by atoms with Gasteiger partial charge in [0, 0.05) is 66.0 Å². The number of carbonyl (C=O) groups excluding carboxylic acids is 5. The zero-order valence-electron chi connectivity index (χ0n) is 65.8. The summed E-state index contributed by atoms with van der Waals surface area (Å²) in [5.41, 5.74) is 18.3. The minimum atomic E-state index is -3.22. The van der Waals surface area contributed by atoms with Gasteiger partial charge in [0.15, 0.2) is 10.9 Å². The van der Waals surface area contributed by atoms with Crippen molar-refractivity contribution >= 4 is 135 Å². The minimum absolute atomic E-state index is 0. The van der Waals surface area contributed by atoms with Gasteiger partial charge in [-0.1, -0.05) is 57.5 Å². The molecule has 594 valence electrons. The van der Waals surface area contributed by atoms with Crippen molar-refractivity contribution < 1.29 is 97.2 Å². The molecule has 8 rings (SSSR count). The fourth-order valence-corrected chi connectivity index (χ4v) is 9.36. The molecule has 0 saturated carbocycles. The number of H-pyrrole nitrogens is 1. The predicted octanol–water partition coefficient (Wildman–Crippen LogP) is 21.1. The molecule has 0 amide bonds. The molecule has 0 unspecified atom stereocenters. The number of unbranched alkanes of at least 4 members (excludes halogenated alkanes) is 2. The SMILES string of the molecule is C=C(OCCCC)c1cc(C)c(C)cc1C(=O)OC.C=COCCCC.CC(=O)O.CC(=O)O.COC(=O)c1cc(C)c(C)cc1Br.COC(=O)c1cc(C)c(C)cc1C(C)=O.COC(=O)c1ccc(C)c(C)c1.Cc1cc2c(C)n[nH]c(=O)c2cc1C.Cc1cc2c(C)nnc(Cl)c2cc1C.O=P(Cl)(Cl)Cl.[Pd]. The summed E-state index contributed by atoms with van der Waals surface area (Å²) in [7, 11) is 5.45. The number of carboxylic acid groups (broad SMARTS) is 2. The van der Waals surface area contributed by atoms with Gasteiger partial charge in [0.05, 0.1) is 86.9 Å². The Morgan fingerprint density at radius 2 is 0.843 bits per heavy atom. The number of esters is 4. The Bertz CT molecular complexity index is 4410. The largest absolute Gasteiger partial charge is 0.502 e. The second kappa shape index (κ2) is 53.7. The van der Waals surface area contributed by atoms with Crippen LogP contribution in [0.2, 0.25) is 5.15 Å². The van der Waals surface area contributed by atoms with E-state index in [1.165, 1.54) is 70.3 Å². The van der Waals surface area contributed by atoms with Crippen LogP contribution in [0.3, 0.4) is 0 Å². The van der Waals surface area contributed by atoms with Gasteiger partial charge >= 0.3 is 29.1 Å². The van der Waals surface area contributed by atoms with Crippen molar-refractivity contribution in [2.45, 2.75) is 157 Å². The number of hydrogen-bond donors (Lipinski definition) is 3. The summed E-state index contributed by atoms with van der Waals surface area (Å²) in [6.45, 7) is 44.4. The molecule has 0 aliphatic heterocycles. The molecule has 28 heteroatoms. The van der Waals surface area contributed by atoms with Gasteiger partial charge < -0.3 is 38.6 Å². The molecule has 8 aromatic rings. The Hall–Kier alpha value is -8.10. The van der Waals surface area contributed by atoms with E-state index in [0.717, 1.165) is 122 Å². The molecule has 21 nitrogen and oxygen atoms in total. The standard InChI is InChI=1S/C16H22O3.C12H14O3.C11H11ClN2.C11H12N2O.C10H11BrO2.C10H12O2.C6H12O.2C2H4O2.Cl3OP.Pd/c1-6-7-8-19-13(4)14-9-11(2)12(3)10-15(14)16(17)18-5;1-7-5-10(9(3)13)11(6-8(7)2)12(14)15-4;1-6-4-9-8(3)13-14-11(12)10(9)5-7(6)2;1-6-4-9-8(3)12-13-11(14)10(9)5-7(6)2;1-6-4-8(10(12)13-3)9(11)5-7(6)2;1-7-4-5-9(6-8(7)2)10(11)12-3;1-3-5-6-7-4-2;2*1-2(3)4;1-5(2,3)4;/h9-10H,4,6-8H2,1-3,5H3;5-6H,1-4H3;4-5H,1-3H3;4-5H,1-3H3,(H,13,14);4-5H,1-3H3;4-6H,1-3H3;4H,2-3,5-6H2,1H3;2*1H3,(H,3,4);;. The molecule has 0 fully saturated rings. The average Bonchev–Trinajstić information content (AvgIpc) is 0.808. The summed E-state index contributed by atoms with van der Waals surface area (Å²) < 4.78 is 39.4. The van der Waals surface area contributed by atoms with Crippen molar-refractivity contribution in [3.8, 4) is 0 Å². The number of nitrogens with zero attached hydrogens (tertiary/aromatic N) is 3. The third kappa shape index (κ3) is 39.8. The van der Waals surface area contributed by atoms with Gasteiger partial charge in [-0.3, -0.25) is 23.7 Å². The van der Waals surface area contributed by atoms with Gasteiger partial charge in [0.1, 0.15) is 5.76 Å². The Morgan fingerprint density at radius 1 is 0.500 bits per heavy atom. The molecule has 0 radical (unpaired) electrons. The molecule has 2 aromatic heterocycles. The van der Waals surface area contributed by atoms with Crippen molar-refractivity contribution in [3.63, 3.8) is 0 Å². The third-order valence-electron chi connectivity index (χ3n) is 15.3. The number of hydrogen-bond acceptors (Lipinski definition) is 18. The van der Waals surface area contributed by atoms with Gasteiger partial charge in [-0.05, 0) is 306 Å². The second-order valence-corrected chi connectivity index (χ2v) is 31.7. The molecule has 6 aromatic carbocycles. The number of nitrogens with one attached hydrogen (secondary N) is 1. The number of fused-ring (bicyclic) bond motifs is 2. The van der Waals surface area contributed by atoms with Crippen LogP contribution in [0.4, 0.5) is 0 Å². The smallest absolute Gasteiger partial charge is 0.339 e. The van der Waals surface area contributed by atoms with E-state index in [0.29, 0.717) is 50.9 Å². The van der Waals surface area contributed by atoms with Crippen LogP contribution in [0.25, 0.3) is 27.3 Å². The molecule has 108 heavy (non-hydrogen) atoms. The number of benzene rings is 6. The van der Waals surface area contributed by atoms with E-state index in [1.54, 1.807) is 18.2 Å². The van der Waals surface area contributed by atoms with E-state index in [-0.39, 0.29) is 49.7 Å². The van der Waals surface area contributed by atoms with Gasteiger partial charge in [-0.15, -0.1) is 5.10 Å². The van der Waals surface area contributed by atoms with Gasteiger partial charge in [0.25, 0.3) is 17.5 Å². The van der Waals surface area contributed by atoms with Crippen LogP contribution in [0.1, 0.15) is 196 Å². The predicted molar refractivity (Wildman–Crippen MR) is 435 cm³/mol. The molecule has 0 atom stereocenters. The van der Waals surface area contributed by atoms with Crippen LogP contribution in [0, 0.1) is 96.9 Å². The number of aliphatic carboxylic acids is 2. The number of aromatic amines is 1. The van der Waals surface area contributed by atoms with Crippen LogP contribution >= 0.6 is 66.5 Å². The molecule has 0 spiro atoms. The van der Waals surface area contributed by atoms with Crippen molar-refractivity contribution in [1.29, 1.82) is 0 Å². The van der Waals surface area contributed by atoms with Crippen molar-refractivity contribution in [1.82, 2.24) is 20.4 Å². The number of carboxylic acids is 2. The second-order valence-electron chi connectivity index (χ2n) is 23.8. The number of aromatic nitrogens is 4. The molecular formula is C80H102BrCl4N4O17PPd. The van der Waals surface area contributed by atoms with Crippen LogP contribution in [-0.4, -0.2) is 114 Å². The maximum absolute atomic E-state index is 11.8. The van der Waals surface area contributed by atoms with E-state index >= 15 is 0 Å². The van der Waals surface area contributed by atoms with Crippen LogP contribution in [-0.2, 0) is 63.0 Å². The Morgan fingerprint density at radius 3 is 1.25 bits per heavy atom. The summed E-state index contributed by atoms with van der Waals surface area (Å²) in [4.78, 5) is 86.4. The van der Waals surface area contributed by atoms with Gasteiger partial charge in [-0.2, -0.15) is 10.2 Å². The van der Waals surface area contributed by atoms with Crippen LogP contribution in [0.5, 0.6) is 0 Å². The Balaban J connectivity index is -0.00000117. The third-order valence-corrected chi connectivity index (χ3v) is 16.2. The first-order valence-corrected chi connectivity index (χ1v) is 38.7. The van der Waals surface area contributed by atoms with Crippen molar-refractivity contribution in [2.75, 3.05) is 41.7 Å². The maximum Gasteiger partial charge on any atom is 0.339 e. The molecule has 0 aliphatic carbocycles. The zero-order chi connectivity index (χ0) is 82.9. The molecule has 2 heterocycles. The number of Topliss-reactive ketones (excluding diaryl/α,β-unsaturated/α-hetero) is 1. The maximum atomic E-state index is 11.8. The van der Waals surface area contributed by atoms with E-state index < -0.39 is 23.1 Å². The number of carbonyl (C=O) groups is 7. The van der Waals surface area contributed by atoms with Crippen LogP contribution < -0.4 is 5.56 Å². The molecule has 0 saturated heterocycles. The van der Waals surface area contributed by atoms with Crippen molar-refractivity contribution in [3.05, 3.63) is 230 Å². The fourth-order valence-electron chi connectivity index (χ4n) is 8.55. The molecule has 0 bridgehead atoms. The molecule has 3 N–H and O–H groups in total. The number of ether oxygens (including phenoxy) is 6. The Kier molecular flexibility index (Phi) is 51.7. The fraction of sp³-hybridized carbons (Fsp3) is 0.362. The summed E-state index contributed by atoms with van der Waals surface area (Å²) >= 11 is 23.2. The summed E-state index contributed by atoms with van der Waals surface area (Å²) in [5, 5.41) is 30.1. The zero-order valence-corrected chi connectivity index (χ0v) is 72.8.